The molecule has 1 heterocycles. The van der Waals surface area contributed by atoms with Crippen LogP contribution in [0.2, 0.25) is 18.1 Å². The molecule has 0 fully saturated rings. The first-order chi connectivity index (χ1) is 6.74. The third kappa shape index (κ3) is 3.06. The molecule has 0 amide bonds. The van der Waals surface area contributed by atoms with Crippen LogP contribution in [0.1, 0.15) is 20.8 Å². The zero-order chi connectivity index (χ0) is 11.7. The molecule has 1 N–H and O–H groups in total. The molecule has 2 unspecified atom stereocenters. The van der Waals surface area contributed by atoms with E-state index in [4.69, 9.17) is 9.16 Å². The number of hydrogen-bond donors (Lipinski definition) is 1. The van der Waals surface area contributed by atoms with Crippen LogP contribution in [0, 0.1) is 0 Å². The zero-order valence-electron chi connectivity index (χ0n) is 10.3. The number of aliphatic hydroxyl groups is 1. The van der Waals surface area contributed by atoms with Crippen LogP contribution < -0.4 is 0 Å². The van der Waals surface area contributed by atoms with E-state index in [0.717, 1.165) is 0 Å². The average Bonchev–Trinajstić information content (AvgIpc) is 2.46. The van der Waals surface area contributed by atoms with Crippen molar-refractivity contribution < 1.29 is 14.3 Å². The highest BCUT2D eigenvalue weighted by molar-refractivity contribution is 6.74. The Labute approximate surface area is 93.2 Å². The van der Waals surface area contributed by atoms with Gasteiger partial charge in [-0.15, -0.1) is 0 Å². The summed E-state index contributed by atoms with van der Waals surface area (Å²) in [6.45, 7) is 11.5. The molecular weight excluding hydrogens is 208 g/mol. The van der Waals surface area contributed by atoms with Gasteiger partial charge >= 0.3 is 0 Å². The molecule has 1 aliphatic heterocycles. The maximum absolute atomic E-state index is 9.51. The zero-order valence-corrected chi connectivity index (χ0v) is 11.3. The molecular formula is C11H22O3Si. The minimum atomic E-state index is -1.72. The van der Waals surface area contributed by atoms with Crippen LogP contribution in [0.4, 0.5) is 0 Å². The Bertz CT molecular complexity index is 243. The average molecular weight is 230 g/mol. The summed E-state index contributed by atoms with van der Waals surface area (Å²) in [6.07, 6.45) is 2.46. The van der Waals surface area contributed by atoms with E-state index in [-0.39, 0.29) is 11.1 Å². The van der Waals surface area contributed by atoms with Crippen molar-refractivity contribution in [2.75, 3.05) is 6.61 Å². The predicted octanol–water partition coefficient (Wildman–Crippen LogP) is 2.28. The third-order valence-electron chi connectivity index (χ3n) is 3.32. The molecule has 0 radical (unpaired) electrons. The summed E-state index contributed by atoms with van der Waals surface area (Å²) in [5, 5.41) is 9.71. The maximum atomic E-state index is 9.51. The second-order valence-corrected chi connectivity index (χ2v) is 10.4. The van der Waals surface area contributed by atoms with Crippen molar-refractivity contribution in [2.24, 2.45) is 0 Å². The summed E-state index contributed by atoms with van der Waals surface area (Å²) in [5.41, 5.74) is 0. The van der Waals surface area contributed by atoms with Gasteiger partial charge in [-0.2, -0.15) is 0 Å². The van der Waals surface area contributed by atoms with Gasteiger partial charge in [0.15, 0.2) is 8.32 Å². The van der Waals surface area contributed by atoms with E-state index in [1.165, 1.54) is 0 Å². The summed E-state index contributed by atoms with van der Waals surface area (Å²) in [6, 6.07) is 0. The highest BCUT2D eigenvalue weighted by atomic mass is 28.4. The van der Waals surface area contributed by atoms with Gasteiger partial charge in [0, 0.05) is 0 Å². The maximum Gasteiger partial charge on any atom is 0.192 e. The lowest BCUT2D eigenvalue weighted by atomic mass is 10.2. The Morgan fingerprint density at radius 1 is 1.40 bits per heavy atom. The molecule has 0 spiro atoms. The van der Waals surface area contributed by atoms with Gasteiger partial charge in [-0.3, -0.25) is 0 Å². The van der Waals surface area contributed by atoms with Crippen molar-refractivity contribution in [1.82, 2.24) is 0 Å². The second-order valence-electron chi connectivity index (χ2n) is 5.56. The van der Waals surface area contributed by atoms with Crippen molar-refractivity contribution in [1.29, 1.82) is 0 Å². The van der Waals surface area contributed by atoms with Crippen LogP contribution in [0.25, 0.3) is 0 Å². The molecule has 1 aliphatic rings. The number of ether oxygens (including phenoxy) is 1. The Morgan fingerprint density at radius 3 is 2.40 bits per heavy atom. The molecule has 0 saturated heterocycles. The van der Waals surface area contributed by atoms with Gasteiger partial charge in [0.1, 0.15) is 12.2 Å². The summed E-state index contributed by atoms with van der Waals surface area (Å²) in [5.74, 6) is 0. The smallest absolute Gasteiger partial charge is 0.192 e. The first-order valence-electron chi connectivity index (χ1n) is 5.38. The fourth-order valence-corrected chi connectivity index (χ4v) is 2.09. The minimum absolute atomic E-state index is 0.198. The Hall–Kier alpha value is -0.323. The quantitative estimate of drug-likeness (QED) is 0.756. The van der Waals surface area contributed by atoms with E-state index >= 15 is 0 Å². The Kier molecular flexibility index (Phi) is 3.63. The number of aliphatic hydroxyl groups excluding tert-OH is 1. The normalized spacial score (nSPS) is 26.8. The molecule has 4 heteroatoms. The number of hydrogen-bond acceptors (Lipinski definition) is 3. The first kappa shape index (κ1) is 12.7. The lowest BCUT2D eigenvalue weighted by Gasteiger charge is -2.37. The van der Waals surface area contributed by atoms with Gasteiger partial charge in [-0.05, 0) is 24.2 Å². The Balaban J connectivity index is 2.43. The van der Waals surface area contributed by atoms with Gasteiger partial charge in [-0.25, -0.2) is 0 Å². The highest BCUT2D eigenvalue weighted by Crippen LogP contribution is 2.36. The van der Waals surface area contributed by atoms with E-state index in [0.29, 0.717) is 6.61 Å². The number of rotatable bonds is 3. The van der Waals surface area contributed by atoms with Crippen LogP contribution in [0.5, 0.6) is 0 Å². The van der Waals surface area contributed by atoms with Gasteiger partial charge in [0.2, 0.25) is 0 Å². The van der Waals surface area contributed by atoms with Crippen molar-refractivity contribution in [3.05, 3.63) is 12.3 Å². The molecule has 0 aromatic carbocycles. The SMILES string of the molecule is CC(C)(C)[Si](C)(C)OCC1OC=CC1O. The van der Waals surface area contributed by atoms with Crippen molar-refractivity contribution in [3.63, 3.8) is 0 Å². The molecule has 0 saturated carbocycles. The molecule has 1 rings (SSSR count). The van der Waals surface area contributed by atoms with E-state index in [1.807, 2.05) is 0 Å². The van der Waals surface area contributed by atoms with Gasteiger partial charge in [0.05, 0.1) is 12.9 Å². The van der Waals surface area contributed by atoms with Crippen LogP contribution in [0.3, 0.4) is 0 Å². The predicted molar refractivity (Wildman–Crippen MR) is 63.2 cm³/mol. The fraction of sp³-hybridized carbons (Fsp3) is 0.818. The molecule has 2 atom stereocenters. The van der Waals surface area contributed by atoms with Crippen molar-refractivity contribution in [2.45, 2.75) is 51.1 Å². The van der Waals surface area contributed by atoms with Gasteiger partial charge in [0.25, 0.3) is 0 Å². The second kappa shape index (κ2) is 4.27. The summed E-state index contributed by atoms with van der Waals surface area (Å²) >= 11 is 0. The van der Waals surface area contributed by atoms with E-state index in [2.05, 4.69) is 33.9 Å². The van der Waals surface area contributed by atoms with Gasteiger partial charge < -0.3 is 14.3 Å². The monoisotopic (exact) mass is 230 g/mol. The van der Waals surface area contributed by atoms with Crippen LogP contribution in [0.15, 0.2) is 12.3 Å². The molecule has 0 aromatic rings. The largest absolute Gasteiger partial charge is 0.493 e. The Morgan fingerprint density at radius 2 is 2.00 bits per heavy atom. The molecule has 0 aliphatic carbocycles. The van der Waals surface area contributed by atoms with Crippen molar-refractivity contribution >= 4 is 8.32 Å². The minimum Gasteiger partial charge on any atom is -0.493 e. The molecule has 3 nitrogen and oxygen atoms in total. The summed E-state index contributed by atoms with van der Waals surface area (Å²) in [7, 11) is -1.72. The lowest BCUT2D eigenvalue weighted by Crippen LogP contribution is -2.43. The lowest BCUT2D eigenvalue weighted by molar-refractivity contribution is 0.0253. The molecule has 0 aromatic heterocycles. The van der Waals surface area contributed by atoms with Crippen molar-refractivity contribution in [3.8, 4) is 0 Å². The van der Waals surface area contributed by atoms with E-state index in [1.54, 1.807) is 12.3 Å². The highest BCUT2D eigenvalue weighted by Gasteiger charge is 2.38. The van der Waals surface area contributed by atoms with E-state index in [9.17, 15) is 5.11 Å². The topological polar surface area (TPSA) is 38.7 Å². The molecule has 15 heavy (non-hydrogen) atoms. The summed E-state index contributed by atoms with van der Waals surface area (Å²) < 4.78 is 11.2. The van der Waals surface area contributed by atoms with Crippen LogP contribution in [-0.4, -0.2) is 32.2 Å². The summed E-state index contributed by atoms with van der Waals surface area (Å²) in [4.78, 5) is 0. The van der Waals surface area contributed by atoms with Gasteiger partial charge in [-0.1, -0.05) is 20.8 Å². The first-order valence-corrected chi connectivity index (χ1v) is 8.29. The fourth-order valence-electron chi connectivity index (χ4n) is 1.08. The molecule has 88 valence electrons. The standard InChI is InChI=1S/C11H22O3Si/c1-11(2,3)15(4,5)14-8-10-9(12)6-7-13-10/h6-7,9-10,12H,8H2,1-5H3. The third-order valence-corrected chi connectivity index (χ3v) is 7.83. The van der Waals surface area contributed by atoms with Crippen LogP contribution >= 0.6 is 0 Å². The van der Waals surface area contributed by atoms with E-state index < -0.39 is 14.4 Å². The molecule has 0 bridgehead atoms. The van der Waals surface area contributed by atoms with Crippen LogP contribution in [-0.2, 0) is 9.16 Å².